The summed E-state index contributed by atoms with van der Waals surface area (Å²) in [7, 11) is 1.76. The first kappa shape index (κ1) is 11.6. The second-order valence-electron chi connectivity index (χ2n) is 3.80. The van der Waals surface area contributed by atoms with Crippen molar-refractivity contribution in [1.82, 2.24) is 10.4 Å². The number of carbonyl (C=O) groups excluding carboxylic acids is 1. The van der Waals surface area contributed by atoms with Crippen molar-refractivity contribution in [3.05, 3.63) is 48.0 Å². The van der Waals surface area contributed by atoms with E-state index in [-0.39, 0.29) is 5.91 Å². The fourth-order valence-electron chi connectivity index (χ4n) is 1.96. The first-order chi connectivity index (χ1) is 8.27. The van der Waals surface area contributed by atoms with Crippen LogP contribution in [0, 0.1) is 0 Å². The van der Waals surface area contributed by atoms with Crippen molar-refractivity contribution in [2.24, 2.45) is 0 Å². The number of hydrogen-bond donors (Lipinski definition) is 1. The first-order valence-corrected chi connectivity index (χ1v) is 5.75. The number of benzene rings is 2. The van der Waals surface area contributed by atoms with E-state index in [1.165, 1.54) is 0 Å². The van der Waals surface area contributed by atoms with Gasteiger partial charge in [-0.05, 0) is 23.8 Å². The lowest BCUT2D eigenvalue weighted by Gasteiger charge is -2.20. The van der Waals surface area contributed by atoms with Gasteiger partial charge in [-0.2, -0.15) is 0 Å². The molecule has 2 rings (SSSR count). The van der Waals surface area contributed by atoms with Crippen LogP contribution in [0.5, 0.6) is 0 Å². The second kappa shape index (κ2) is 4.97. The maximum Gasteiger partial charge on any atom is 0.268 e. The van der Waals surface area contributed by atoms with E-state index in [4.69, 9.17) is 0 Å². The van der Waals surface area contributed by atoms with Gasteiger partial charge in [-0.1, -0.05) is 36.4 Å². The van der Waals surface area contributed by atoms with Gasteiger partial charge in [-0.3, -0.25) is 9.80 Å². The normalized spacial score (nSPS) is 10.5. The molecule has 0 unspecified atom stereocenters. The van der Waals surface area contributed by atoms with E-state index in [1.54, 1.807) is 12.1 Å². The Hall–Kier alpha value is -1.87. The van der Waals surface area contributed by atoms with Gasteiger partial charge in [0, 0.05) is 19.2 Å². The third-order valence-electron chi connectivity index (χ3n) is 2.85. The summed E-state index contributed by atoms with van der Waals surface area (Å²) in [6, 6.07) is 13.7. The maximum atomic E-state index is 12.3. The molecule has 0 saturated heterocycles. The summed E-state index contributed by atoms with van der Waals surface area (Å²) < 4.78 is 0. The second-order valence-corrected chi connectivity index (χ2v) is 3.80. The monoisotopic (exact) mass is 228 g/mol. The SMILES string of the molecule is CCN(NC)C(=O)c1cccc2ccccc12. The van der Waals surface area contributed by atoms with Crippen LogP contribution in [0.15, 0.2) is 42.5 Å². The summed E-state index contributed by atoms with van der Waals surface area (Å²) >= 11 is 0. The largest absolute Gasteiger partial charge is 0.274 e. The van der Waals surface area contributed by atoms with Gasteiger partial charge >= 0.3 is 0 Å². The molecule has 0 radical (unpaired) electrons. The van der Waals surface area contributed by atoms with Crippen LogP contribution in [0.2, 0.25) is 0 Å². The van der Waals surface area contributed by atoms with Crippen LogP contribution < -0.4 is 5.43 Å². The summed E-state index contributed by atoms with van der Waals surface area (Å²) in [5.41, 5.74) is 3.63. The molecule has 88 valence electrons. The van der Waals surface area contributed by atoms with Gasteiger partial charge < -0.3 is 0 Å². The maximum absolute atomic E-state index is 12.3. The minimum Gasteiger partial charge on any atom is -0.274 e. The van der Waals surface area contributed by atoms with Gasteiger partial charge in [0.15, 0.2) is 0 Å². The van der Waals surface area contributed by atoms with Crippen LogP contribution in [0.25, 0.3) is 10.8 Å². The molecule has 2 aromatic rings. The predicted molar refractivity (Wildman–Crippen MR) is 69.7 cm³/mol. The molecule has 0 aromatic heterocycles. The smallest absolute Gasteiger partial charge is 0.268 e. The number of carbonyl (C=O) groups is 1. The Morgan fingerprint density at radius 1 is 1.18 bits per heavy atom. The van der Waals surface area contributed by atoms with E-state index in [9.17, 15) is 4.79 Å². The van der Waals surface area contributed by atoms with Crippen LogP contribution in [0.4, 0.5) is 0 Å². The molecule has 0 heterocycles. The van der Waals surface area contributed by atoms with Gasteiger partial charge in [-0.15, -0.1) is 0 Å². The predicted octanol–water partition coefficient (Wildman–Crippen LogP) is 2.44. The van der Waals surface area contributed by atoms with Gasteiger partial charge in [0.2, 0.25) is 0 Å². The number of rotatable bonds is 3. The summed E-state index contributed by atoms with van der Waals surface area (Å²) in [5.74, 6) is 0.00630. The molecule has 3 heteroatoms. The summed E-state index contributed by atoms with van der Waals surface area (Å²) in [6.07, 6.45) is 0. The number of hydrazine groups is 1. The van der Waals surface area contributed by atoms with E-state index in [1.807, 2.05) is 49.4 Å². The number of hydrogen-bond acceptors (Lipinski definition) is 2. The van der Waals surface area contributed by atoms with E-state index in [2.05, 4.69) is 5.43 Å². The topological polar surface area (TPSA) is 32.3 Å². The number of amides is 1. The van der Waals surface area contributed by atoms with E-state index in [0.29, 0.717) is 6.54 Å². The summed E-state index contributed by atoms with van der Waals surface area (Å²) in [4.78, 5) is 12.3. The quantitative estimate of drug-likeness (QED) is 0.818. The number of nitrogens with zero attached hydrogens (tertiary/aromatic N) is 1. The van der Waals surface area contributed by atoms with Crippen molar-refractivity contribution in [1.29, 1.82) is 0 Å². The average Bonchev–Trinajstić information content (AvgIpc) is 2.39. The standard InChI is InChI=1S/C14H16N2O/c1-3-16(15-2)14(17)13-10-6-8-11-7-4-5-9-12(11)13/h4-10,15H,3H2,1-2H3. The molecule has 0 bridgehead atoms. The van der Waals surface area contributed by atoms with Crippen molar-refractivity contribution >= 4 is 16.7 Å². The molecule has 0 fully saturated rings. The Morgan fingerprint density at radius 2 is 1.88 bits per heavy atom. The highest BCUT2D eigenvalue weighted by Gasteiger charge is 2.14. The molecule has 0 atom stereocenters. The zero-order valence-corrected chi connectivity index (χ0v) is 10.1. The molecular weight excluding hydrogens is 212 g/mol. The van der Waals surface area contributed by atoms with Crippen molar-refractivity contribution in [3.8, 4) is 0 Å². The molecule has 1 N–H and O–H groups in total. The molecule has 2 aromatic carbocycles. The average molecular weight is 228 g/mol. The van der Waals surface area contributed by atoms with Crippen molar-refractivity contribution in [3.63, 3.8) is 0 Å². The molecule has 0 aliphatic rings. The van der Waals surface area contributed by atoms with Crippen molar-refractivity contribution < 1.29 is 4.79 Å². The molecule has 1 amide bonds. The lowest BCUT2D eigenvalue weighted by atomic mass is 10.0. The summed E-state index contributed by atoms with van der Waals surface area (Å²) in [5, 5.41) is 3.68. The first-order valence-electron chi connectivity index (χ1n) is 5.75. The fraction of sp³-hybridized carbons (Fsp3) is 0.214. The number of nitrogens with one attached hydrogen (secondary N) is 1. The minimum absolute atomic E-state index is 0.00630. The molecule has 0 aliphatic carbocycles. The molecule has 3 nitrogen and oxygen atoms in total. The van der Waals surface area contributed by atoms with E-state index >= 15 is 0 Å². The minimum atomic E-state index is 0.00630. The van der Waals surface area contributed by atoms with Crippen LogP contribution in [-0.2, 0) is 0 Å². The lowest BCUT2D eigenvalue weighted by Crippen LogP contribution is -2.40. The Balaban J connectivity index is 2.52. The van der Waals surface area contributed by atoms with Crippen LogP contribution in [0.1, 0.15) is 17.3 Å². The van der Waals surface area contributed by atoms with Crippen LogP contribution in [0.3, 0.4) is 0 Å². The molecule has 17 heavy (non-hydrogen) atoms. The molecular formula is C14H16N2O. The van der Waals surface area contributed by atoms with E-state index in [0.717, 1.165) is 16.3 Å². The Morgan fingerprint density at radius 3 is 2.59 bits per heavy atom. The van der Waals surface area contributed by atoms with Crippen LogP contribution >= 0.6 is 0 Å². The highest BCUT2D eigenvalue weighted by molar-refractivity contribution is 6.06. The van der Waals surface area contributed by atoms with E-state index < -0.39 is 0 Å². The summed E-state index contributed by atoms with van der Waals surface area (Å²) in [6.45, 7) is 2.58. The van der Waals surface area contributed by atoms with Gasteiger partial charge in [0.25, 0.3) is 5.91 Å². The Kier molecular flexibility index (Phi) is 3.40. The van der Waals surface area contributed by atoms with Gasteiger partial charge in [0.05, 0.1) is 0 Å². The Bertz CT molecular complexity index is 527. The highest BCUT2D eigenvalue weighted by atomic mass is 16.2. The molecule has 0 saturated carbocycles. The van der Waals surface area contributed by atoms with Crippen molar-refractivity contribution in [2.75, 3.05) is 13.6 Å². The lowest BCUT2D eigenvalue weighted by molar-refractivity contribution is 0.0695. The third kappa shape index (κ3) is 2.15. The van der Waals surface area contributed by atoms with Crippen LogP contribution in [-0.4, -0.2) is 24.5 Å². The zero-order valence-electron chi connectivity index (χ0n) is 10.1. The Labute approximate surface area is 101 Å². The van der Waals surface area contributed by atoms with Gasteiger partial charge in [0.1, 0.15) is 0 Å². The third-order valence-corrected chi connectivity index (χ3v) is 2.85. The van der Waals surface area contributed by atoms with Gasteiger partial charge in [-0.25, -0.2) is 5.43 Å². The molecule has 0 aliphatic heterocycles. The van der Waals surface area contributed by atoms with Crippen molar-refractivity contribution in [2.45, 2.75) is 6.92 Å². The zero-order chi connectivity index (χ0) is 12.3. The fourth-order valence-corrected chi connectivity index (χ4v) is 1.96. The highest BCUT2D eigenvalue weighted by Crippen LogP contribution is 2.19. The molecule has 0 spiro atoms. The number of fused-ring (bicyclic) bond motifs is 1.